The second-order valence-corrected chi connectivity index (χ2v) is 6.80. The number of carbonyl (C=O) groups is 1. The fourth-order valence-corrected chi connectivity index (χ4v) is 3.20. The minimum Gasteiger partial charge on any atom is -0.436 e. The quantitative estimate of drug-likeness (QED) is 0.413. The van der Waals surface area contributed by atoms with E-state index < -0.39 is 0 Å². The number of fused-ring (bicyclic) bond motifs is 1. The van der Waals surface area contributed by atoms with Crippen LogP contribution in [0.2, 0.25) is 0 Å². The number of hydrogen-bond acceptors (Lipinski definition) is 3. The van der Waals surface area contributed by atoms with Crippen LogP contribution in [0.4, 0.5) is 10.1 Å². The summed E-state index contributed by atoms with van der Waals surface area (Å²) in [5.41, 5.74) is 3.13. The van der Waals surface area contributed by atoms with Gasteiger partial charge in [-0.3, -0.25) is 4.79 Å². The highest BCUT2D eigenvalue weighted by Gasteiger charge is 2.12. The summed E-state index contributed by atoms with van der Waals surface area (Å²) in [6.45, 7) is 0. The highest BCUT2D eigenvalue weighted by Crippen LogP contribution is 2.26. The van der Waals surface area contributed by atoms with E-state index in [0.717, 1.165) is 3.57 Å². The predicted octanol–water partition coefficient (Wildman–Crippen LogP) is 5.49. The van der Waals surface area contributed by atoms with Crippen LogP contribution in [0.3, 0.4) is 0 Å². The van der Waals surface area contributed by atoms with Crippen molar-refractivity contribution in [1.82, 2.24) is 4.98 Å². The maximum atomic E-state index is 13.1. The summed E-state index contributed by atoms with van der Waals surface area (Å²) in [6.07, 6.45) is 0. The molecule has 0 radical (unpaired) electrons. The Bertz CT molecular complexity index is 1110. The van der Waals surface area contributed by atoms with Gasteiger partial charge >= 0.3 is 0 Å². The van der Waals surface area contributed by atoms with Gasteiger partial charge in [-0.15, -0.1) is 0 Å². The van der Waals surface area contributed by atoms with Gasteiger partial charge in [0, 0.05) is 14.8 Å². The molecule has 0 spiro atoms. The number of benzene rings is 3. The maximum Gasteiger partial charge on any atom is 0.256 e. The molecule has 0 unspecified atom stereocenters. The fraction of sp³-hybridized carbons (Fsp3) is 0. The summed E-state index contributed by atoms with van der Waals surface area (Å²) >= 11 is 2.13. The summed E-state index contributed by atoms with van der Waals surface area (Å²) < 4.78 is 19.6. The van der Waals surface area contributed by atoms with Crippen molar-refractivity contribution in [2.75, 3.05) is 5.32 Å². The Hall–Kier alpha value is -2.74. The van der Waals surface area contributed by atoms with Gasteiger partial charge in [0.2, 0.25) is 5.89 Å². The fourth-order valence-electron chi connectivity index (χ4n) is 2.56. The number of anilines is 1. The van der Waals surface area contributed by atoms with Crippen LogP contribution in [0.5, 0.6) is 0 Å². The molecule has 0 aliphatic heterocycles. The van der Waals surface area contributed by atoms with Crippen molar-refractivity contribution in [3.63, 3.8) is 0 Å². The molecule has 26 heavy (non-hydrogen) atoms. The molecular weight excluding hydrogens is 446 g/mol. The predicted molar refractivity (Wildman–Crippen MR) is 107 cm³/mol. The number of nitrogens with zero attached hydrogens (tertiary/aromatic N) is 1. The van der Waals surface area contributed by atoms with Crippen molar-refractivity contribution in [2.24, 2.45) is 0 Å². The van der Waals surface area contributed by atoms with Crippen LogP contribution in [0.1, 0.15) is 10.4 Å². The van der Waals surface area contributed by atoms with Crippen LogP contribution in [-0.4, -0.2) is 10.9 Å². The Balaban J connectivity index is 1.62. The number of aromatic nitrogens is 1. The molecule has 1 aromatic heterocycles. The third-order valence-corrected chi connectivity index (χ3v) is 4.80. The number of amides is 1. The minimum atomic E-state index is -0.314. The first-order chi connectivity index (χ1) is 12.6. The molecule has 0 atom stereocenters. The normalized spacial score (nSPS) is 10.8. The third kappa shape index (κ3) is 3.32. The summed E-state index contributed by atoms with van der Waals surface area (Å²) in [5.74, 6) is -0.0944. The van der Waals surface area contributed by atoms with Crippen molar-refractivity contribution in [3.8, 4) is 11.5 Å². The SMILES string of the molecule is O=C(Nc1ccc2oc(-c3ccc(F)cc3)nc2c1)c1ccccc1I. The van der Waals surface area contributed by atoms with Gasteiger partial charge in [-0.2, -0.15) is 0 Å². The second-order valence-electron chi connectivity index (χ2n) is 5.64. The standard InChI is InChI=1S/C20H12FIN2O2/c21-13-7-5-12(6-8-13)20-24-17-11-14(9-10-18(17)26-20)23-19(25)15-3-1-2-4-16(15)22/h1-11H,(H,23,25). The van der Waals surface area contributed by atoms with Gasteiger partial charge in [0.15, 0.2) is 5.58 Å². The molecular formula is C20H12FIN2O2. The zero-order chi connectivity index (χ0) is 18.1. The average molecular weight is 458 g/mol. The Kier molecular flexibility index (Phi) is 4.42. The lowest BCUT2D eigenvalue weighted by atomic mass is 10.2. The van der Waals surface area contributed by atoms with E-state index in [4.69, 9.17) is 4.42 Å². The van der Waals surface area contributed by atoms with Crippen molar-refractivity contribution in [2.45, 2.75) is 0 Å². The summed E-state index contributed by atoms with van der Waals surface area (Å²) in [7, 11) is 0. The Labute approximate surface area is 162 Å². The molecule has 0 bridgehead atoms. The molecule has 4 rings (SSSR count). The van der Waals surface area contributed by atoms with Gasteiger partial charge in [-0.25, -0.2) is 9.37 Å². The van der Waals surface area contributed by atoms with E-state index in [9.17, 15) is 9.18 Å². The van der Waals surface area contributed by atoms with Crippen LogP contribution < -0.4 is 5.32 Å². The average Bonchev–Trinajstić information content (AvgIpc) is 3.06. The molecule has 4 nitrogen and oxygen atoms in total. The Morgan fingerprint density at radius 3 is 2.58 bits per heavy atom. The van der Waals surface area contributed by atoms with Gasteiger partial charge in [0.25, 0.3) is 5.91 Å². The second kappa shape index (κ2) is 6.87. The van der Waals surface area contributed by atoms with E-state index in [1.165, 1.54) is 12.1 Å². The van der Waals surface area contributed by atoms with Crippen LogP contribution in [0.25, 0.3) is 22.6 Å². The number of hydrogen-bond donors (Lipinski definition) is 1. The van der Waals surface area contributed by atoms with E-state index in [1.54, 1.807) is 36.4 Å². The molecule has 4 aromatic rings. The highest BCUT2D eigenvalue weighted by atomic mass is 127. The maximum absolute atomic E-state index is 13.1. The molecule has 0 aliphatic carbocycles. The first kappa shape index (κ1) is 16.7. The van der Waals surface area contributed by atoms with Crippen molar-refractivity contribution in [3.05, 3.63) is 81.7 Å². The number of nitrogens with one attached hydrogen (secondary N) is 1. The van der Waals surface area contributed by atoms with Crippen LogP contribution in [-0.2, 0) is 0 Å². The molecule has 1 N–H and O–H groups in total. The smallest absolute Gasteiger partial charge is 0.256 e. The van der Waals surface area contributed by atoms with E-state index in [0.29, 0.717) is 33.8 Å². The van der Waals surface area contributed by atoms with E-state index in [2.05, 4.69) is 32.9 Å². The largest absolute Gasteiger partial charge is 0.436 e. The molecule has 6 heteroatoms. The molecule has 3 aromatic carbocycles. The van der Waals surface area contributed by atoms with Crippen LogP contribution in [0, 0.1) is 9.39 Å². The van der Waals surface area contributed by atoms with Crippen molar-refractivity contribution in [1.29, 1.82) is 0 Å². The summed E-state index contributed by atoms with van der Waals surface area (Å²) in [5, 5.41) is 2.87. The number of carbonyl (C=O) groups excluding carboxylic acids is 1. The Morgan fingerprint density at radius 2 is 1.81 bits per heavy atom. The monoisotopic (exact) mass is 458 g/mol. The molecule has 0 saturated carbocycles. The van der Waals surface area contributed by atoms with E-state index >= 15 is 0 Å². The molecule has 0 fully saturated rings. The van der Waals surface area contributed by atoms with E-state index in [-0.39, 0.29) is 11.7 Å². The van der Waals surface area contributed by atoms with Gasteiger partial charge < -0.3 is 9.73 Å². The zero-order valence-electron chi connectivity index (χ0n) is 13.4. The Morgan fingerprint density at radius 1 is 1.04 bits per heavy atom. The first-order valence-electron chi connectivity index (χ1n) is 7.82. The summed E-state index contributed by atoms with van der Waals surface area (Å²) in [6, 6.07) is 18.6. The van der Waals surface area contributed by atoms with Gasteiger partial charge in [0.1, 0.15) is 11.3 Å². The van der Waals surface area contributed by atoms with Gasteiger partial charge in [0.05, 0.1) is 5.56 Å². The van der Waals surface area contributed by atoms with Crippen LogP contribution in [0.15, 0.2) is 71.1 Å². The topological polar surface area (TPSA) is 55.1 Å². The van der Waals surface area contributed by atoms with Gasteiger partial charge in [-0.05, 0) is 77.2 Å². The third-order valence-electron chi connectivity index (χ3n) is 3.86. The number of halogens is 2. The number of oxazole rings is 1. The lowest BCUT2D eigenvalue weighted by molar-refractivity contribution is 0.102. The van der Waals surface area contributed by atoms with Gasteiger partial charge in [-0.1, -0.05) is 12.1 Å². The lowest BCUT2D eigenvalue weighted by Crippen LogP contribution is -2.13. The van der Waals surface area contributed by atoms with Crippen molar-refractivity contribution >= 4 is 45.3 Å². The zero-order valence-corrected chi connectivity index (χ0v) is 15.5. The first-order valence-corrected chi connectivity index (χ1v) is 8.90. The molecule has 128 valence electrons. The van der Waals surface area contributed by atoms with E-state index in [1.807, 2.05) is 18.2 Å². The van der Waals surface area contributed by atoms with Crippen LogP contribution >= 0.6 is 22.6 Å². The molecule has 0 aliphatic rings. The highest BCUT2D eigenvalue weighted by molar-refractivity contribution is 14.1. The van der Waals surface area contributed by atoms with Crippen molar-refractivity contribution < 1.29 is 13.6 Å². The minimum absolute atomic E-state index is 0.184. The molecule has 0 saturated heterocycles. The molecule has 1 heterocycles. The number of rotatable bonds is 3. The lowest BCUT2D eigenvalue weighted by Gasteiger charge is -2.06. The summed E-state index contributed by atoms with van der Waals surface area (Å²) in [4.78, 5) is 16.9. The molecule has 1 amide bonds.